The van der Waals surface area contributed by atoms with Gasteiger partial charge in [-0.15, -0.1) is 0 Å². The summed E-state index contributed by atoms with van der Waals surface area (Å²) in [6.45, 7) is 3.63. The molecule has 3 N–H and O–H groups in total. The van der Waals surface area contributed by atoms with E-state index in [1.165, 1.54) is 6.92 Å². The molecule has 0 aromatic heterocycles. The molecule has 21 heavy (non-hydrogen) atoms. The fourth-order valence-corrected chi connectivity index (χ4v) is 1.86. The van der Waals surface area contributed by atoms with E-state index in [9.17, 15) is 14.4 Å². The first-order chi connectivity index (χ1) is 9.92. The van der Waals surface area contributed by atoms with Crippen LogP contribution in [0.15, 0.2) is 24.3 Å². The van der Waals surface area contributed by atoms with Gasteiger partial charge in [0, 0.05) is 31.1 Å². The highest BCUT2D eigenvalue weighted by Gasteiger charge is 2.13. The summed E-state index contributed by atoms with van der Waals surface area (Å²) in [6, 6.07) is 6.51. The molecular weight excluding hydrogens is 272 g/mol. The standard InChI is InChI=1S/C15H20N2O4/c1-3-11(8-14(19)20)9-16-15(21)12-4-6-13(7-5-12)17-10(2)18/h4-7,11H,3,8-9H2,1-2H3,(H,16,21)(H,17,18)(H,19,20). The normalized spacial score (nSPS) is 11.5. The van der Waals surface area contributed by atoms with Crippen molar-refractivity contribution in [1.29, 1.82) is 0 Å². The quantitative estimate of drug-likeness (QED) is 0.715. The molecule has 0 aliphatic rings. The second kappa shape index (κ2) is 8.04. The molecule has 0 aliphatic heterocycles. The molecule has 0 saturated heterocycles. The monoisotopic (exact) mass is 292 g/mol. The van der Waals surface area contributed by atoms with Gasteiger partial charge in [0.1, 0.15) is 0 Å². The highest BCUT2D eigenvalue weighted by atomic mass is 16.4. The van der Waals surface area contributed by atoms with Crippen LogP contribution >= 0.6 is 0 Å². The van der Waals surface area contributed by atoms with Crippen LogP contribution in [0.25, 0.3) is 0 Å². The zero-order valence-corrected chi connectivity index (χ0v) is 12.2. The molecule has 0 spiro atoms. The maximum atomic E-state index is 11.9. The molecule has 0 saturated carbocycles. The molecule has 6 nitrogen and oxygen atoms in total. The molecule has 0 radical (unpaired) electrons. The lowest BCUT2D eigenvalue weighted by Crippen LogP contribution is -2.30. The van der Waals surface area contributed by atoms with Crippen molar-refractivity contribution in [2.45, 2.75) is 26.7 Å². The lowest BCUT2D eigenvalue weighted by atomic mass is 10.0. The fourth-order valence-electron chi connectivity index (χ4n) is 1.86. The summed E-state index contributed by atoms with van der Waals surface area (Å²) < 4.78 is 0. The Kier molecular flexibility index (Phi) is 6.39. The van der Waals surface area contributed by atoms with Crippen molar-refractivity contribution >= 4 is 23.5 Å². The number of carbonyl (C=O) groups is 3. The third-order valence-electron chi connectivity index (χ3n) is 3.06. The Morgan fingerprint density at radius 2 is 1.81 bits per heavy atom. The summed E-state index contributed by atoms with van der Waals surface area (Å²) in [5.74, 6) is -1.37. The molecule has 1 atom stereocenters. The lowest BCUT2D eigenvalue weighted by molar-refractivity contribution is -0.138. The third-order valence-corrected chi connectivity index (χ3v) is 3.06. The first kappa shape index (κ1) is 16.7. The molecule has 2 amide bonds. The smallest absolute Gasteiger partial charge is 0.303 e. The van der Waals surface area contributed by atoms with E-state index in [0.717, 1.165) is 0 Å². The second-order valence-electron chi connectivity index (χ2n) is 4.84. The third kappa shape index (κ3) is 6.07. The molecule has 0 aliphatic carbocycles. The van der Waals surface area contributed by atoms with Gasteiger partial charge in [0.15, 0.2) is 0 Å². The topological polar surface area (TPSA) is 95.5 Å². The average Bonchev–Trinajstić information content (AvgIpc) is 2.42. The van der Waals surface area contributed by atoms with Gasteiger partial charge in [-0.2, -0.15) is 0 Å². The van der Waals surface area contributed by atoms with E-state index >= 15 is 0 Å². The van der Waals surface area contributed by atoms with Crippen molar-refractivity contribution in [3.05, 3.63) is 29.8 Å². The first-order valence-corrected chi connectivity index (χ1v) is 6.80. The van der Waals surface area contributed by atoms with Gasteiger partial charge in [-0.25, -0.2) is 0 Å². The summed E-state index contributed by atoms with van der Waals surface area (Å²) >= 11 is 0. The number of rotatable bonds is 7. The highest BCUT2D eigenvalue weighted by molar-refractivity contribution is 5.95. The minimum Gasteiger partial charge on any atom is -0.481 e. The van der Waals surface area contributed by atoms with E-state index in [1.54, 1.807) is 24.3 Å². The Morgan fingerprint density at radius 1 is 1.19 bits per heavy atom. The predicted molar refractivity (Wildman–Crippen MR) is 79.1 cm³/mol. The van der Waals surface area contributed by atoms with Gasteiger partial charge >= 0.3 is 5.97 Å². The molecule has 1 aromatic rings. The number of aliphatic carboxylic acids is 1. The molecule has 1 aromatic carbocycles. The predicted octanol–water partition coefficient (Wildman–Crippen LogP) is 1.88. The Bertz CT molecular complexity index is 511. The van der Waals surface area contributed by atoms with Gasteiger partial charge in [-0.3, -0.25) is 14.4 Å². The van der Waals surface area contributed by atoms with Crippen LogP contribution in [0.4, 0.5) is 5.69 Å². The van der Waals surface area contributed by atoms with Crippen LogP contribution in [-0.2, 0) is 9.59 Å². The summed E-state index contributed by atoms with van der Waals surface area (Å²) in [6.07, 6.45) is 0.728. The molecule has 1 unspecified atom stereocenters. The van der Waals surface area contributed by atoms with Crippen LogP contribution < -0.4 is 10.6 Å². The van der Waals surface area contributed by atoms with Crippen LogP contribution in [0.5, 0.6) is 0 Å². The van der Waals surface area contributed by atoms with Crippen molar-refractivity contribution < 1.29 is 19.5 Å². The minimum atomic E-state index is -0.865. The van der Waals surface area contributed by atoms with Crippen molar-refractivity contribution in [2.75, 3.05) is 11.9 Å². The van der Waals surface area contributed by atoms with E-state index in [1.807, 2.05) is 6.92 Å². The van der Waals surface area contributed by atoms with Crippen molar-refractivity contribution in [3.63, 3.8) is 0 Å². The second-order valence-corrected chi connectivity index (χ2v) is 4.84. The lowest BCUT2D eigenvalue weighted by Gasteiger charge is -2.13. The maximum Gasteiger partial charge on any atom is 0.303 e. The van der Waals surface area contributed by atoms with E-state index in [0.29, 0.717) is 24.2 Å². The Balaban J connectivity index is 2.55. The number of hydrogen-bond acceptors (Lipinski definition) is 3. The molecule has 0 bridgehead atoms. The highest BCUT2D eigenvalue weighted by Crippen LogP contribution is 2.10. The number of carboxylic acid groups (broad SMARTS) is 1. The first-order valence-electron chi connectivity index (χ1n) is 6.80. The van der Waals surface area contributed by atoms with Crippen molar-refractivity contribution in [1.82, 2.24) is 5.32 Å². The van der Waals surface area contributed by atoms with Gasteiger partial charge in [-0.1, -0.05) is 13.3 Å². The van der Waals surface area contributed by atoms with E-state index in [4.69, 9.17) is 5.11 Å². The number of benzene rings is 1. The number of nitrogens with one attached hydrogen (secondary N) is 2. The summed E-state index contributed by atoms with van der Waals surface area (Å²) in [5, 5.41) is 14.1. The number of anilines is 1. The van der Waals surface area contributed by atoms with Gasteiger partial charge in [0.05, 0.1) is 0 Å². The zero-order chi connectivity index (χ0) is 15.8. The molecule has 1 rings (SSSR count). The number of carbonyl (C=O) groups excluding carboxylic acids is 2. The van der Waals surface area contributed by atoms with Gasteiger partial charge in [0.2, 0.25) is 5.91 Å². The maximum absolute atomic E-state index is 11.9. The summed E-state index contributed by atoms with van der Waals surface area (Å²) in [5.41, 5.74) is 1.09. The number of hydrogen-bond donors (Lipinski definition) is 3. The van der Waals surface area contributed by atoms with E-state index in [2.05, 4.69) is 10.6 Å². The number of amides is 2. The van der Waals surface area contributed by atoms with Crippen LogP contribution in [0.3, 0.4) is 0 Å². The van der Waals surface area contributed by atoms with Crippen LogP contribution in [0.1, 0.15) is 37.0 Å². The summed E-state index contributed by atoms with van der Waals surface area (Å²) in [7, 11) is 0. The molecule has 0 heterocycles. The molecule has 114 valence electrons. The molecule has 6 heteroatoms. The van der Waals surface area contributed by atoms with Crippen molar-refractivity contribution in [3.8, 4) is 0 Å². The van der Waals surface area contributed by atoms with Crippen LogP contribution in [0, 0.1) is 5.92 Å². The van der Waals surface area contributed by atoms with E-state index in [-0.39, 0.29) is 24.2 Å². The Labute approximate surface area is 123 Å². The summed E-state index contributed by atoms with van der Waals surface area (Å²) in [4.78, 5) is 33.5. The SMILES string of the molecule is CCC(CNC(=O)c1ccc(NC(C)=O)cc1)CC(=O)O. The molecule has 0 fully saturated rings. The van der Waals surface area contributed by atoms with E-state index < -0.39 is 5.97 Å². The van der Waals surface area contributed by atoms with Gasteiger partial charge < -0.3 is 15.7 Å². The molecular formula is C15H20N2O4. The zero-order valence-electron chi connectivity index (χ0n) is 12.2. The Hall–Kier alpha value is -2.37. The number of carboxylic acids is 1. The average molecular weight is 292 g/mol. The van der Waals surface area contributed by atoms with Crippen LogP contribution in [0.2, 0.25) is 0 Å². The fraction of sp³-hybridized carbons (Fsp3) is 0.400. The Morgan fingerprint density at radius 3 is 2.29 bits per heavy atom. The van der Waals surface area contributed by atoms with Crippen LogP contribution in [-0.4, -0.2) is 29.4 Å². The van der Waals surface area contributed by atoms with Crippen molar-refractivity contribution in [2.24, 2.45) is 5.92 Å². The van der Waals surface area contributed by atoms with Gasteiger partial charge in [-0.05, 0) is 30.2 Å². The minimum absolute atomic E-state index is 0.0399. The largest absolute Gasteiger partial charge is 0.481 e. The van der Waals surface area contributed by atoms with Gasteiger partial charge in [0.25, 0.3) is 5.91 Å².